The van der Waals surface area contributed by atoms with Gasteiger partial charge in [0.1, 0.15) is 0 Å². The summed E-state index contributed by atoms with van der Waals surface area (Å²) in [5, 5.41) is 0. The largest absolute Gasteiger partial charge is 0.385 e. The number of allylic oxidation sites excluding steroid dienone is 2. The molecule has 2 fully saturated rings. The van der Waals surface area contributed by atoms with Gasteiger partial charge in [0.25, 0.3) is 0 Å². The van der Waals surface area contributed by atoms with Crippen LogP contribution in [0.4, 0.5) is 0 Å². The van der Waals surface area contributed by atoms with E-state index in [2.05, 4.69) is 12.2 Å². The van der Waals surface area contributed by atoms with Gasteiger partial charge in [0, 0.05) is 20.3 Å². The fraction of sp³-hybridized carbons (Fsp3) is 0.692. The second-order valence-corrected chi connectivity index (χ2v) is 5.17. The Hall–Kier alpha value is -1.16. The summed E-state index contributed by atoms with van der Waals surface area (Å²) in [6, 6.07) is 0. The molecule has 1 aliphatic heterocycles. The van der Waals surface area contributed by atoms with Gasteiger partial charge in [0.05, 0.1) is 11.8 Å². The van der Waals surface area contributed by atoms with E-state index in [9.17, 15) is 9.59 Å². The highest BCUT2D eigenvalue weighted by Gasteiger charge is 2.58. The Kier molecular flexibility index (Phi) is 2.54. The average Bonchev–Trinajstić information content (AvgIpc) is 2.97. The fourth-order valence-corrected chi connectivity index (χ4v) is 3.55. The number of imide groups is 1. The monoisotopic (exact) mass is 235 g/mol. The van der Waals surface area contributed by atoms with Gasteiger partial charge in [-0.3, -0.25) is 14.5 Å². The predicted molar refractivity (Wildman–Crippen MR) is 60.9 cm³/mol. The zero-order valence-corrected chi connectivity index (χ0v) is 9.96. The Labute approximate surface area is 101 Å². The molecule has 0 spiro atoms. The van der Waals surface area contributed by atoms with Crippen molar-refractivity contribution in [2.24, 2.45) is 23.7 Å². The van der Waals surface area contributed by atoms with Gasteiger partial charge in [-0.05, 0) is 24.7 Å². The summed E-state index contributed by atoms with van der Waals surface area (Å²) in [6.07, 6.45) is 5.97. The molecular weight excluding hydrogens is 218 g/mol. The number of methoxy groups -OCH3 is 1. The van der Waals surface area contributed by atoms with Crippen LogP contribution < -0.4 is 0 Å². The second kappa shape index (κ2) is 3.95. The molecule has 3 aliphatic rings. The Bertz CT molecular complexity index is 360. The van der Waals surface area contributed by atoms with Gasteiger partial charge in [-0.15, -0.1) is 0 Å². The minimum Gasteiger partial charge on any atom is -0.385 e. The number of carbonyl (C=O) groups excluding carboxylic acids is 2. The van der Waals surface area contributed by atoms with Crippen LogP contribution >= 0.6 is 0 Å². The van der Waals surface area contributed by atoms with Crippen molar-refractivity contribution < 1.29 is 14.3 Å². The number of hydrogen-bond donors (Lipinski definition) is 0. The van der Waals surface area contributed by atoms with Crippen LogP contribution in [0.5, 0.6) is 0 Å². The van der Waals surface area contributed by atoms with Gasteiger partial charge in [0.15, 0.2) is 0 Å². The molecule has 2 bridgehead atoms. The van der Waals surface area contributed by atoms with Crippen LogP contribution in [0.1, 0.15) is 12.8 Å². The van der Waals surface area contributed by atoms with Gasteiger partial charge in [0.2, 0.25) is 11.8 Å². The SMILES string of the molecule is COCCCN1C(=O)[C@@H]2[C@H](C1=O)[C@@H]1C=C[C@H]2C1. The third kappa shape index (κ3) is 1.47. The molecule has 0 aromatic carbocycles. The highest BCUT2D eigenvalue weighted by molar-refractivity contribution is 6.06. The summed E-state index contributed by atoms with van der Waals surface area (Å²) in [7, 11) is 1.63. The predicted octanol–water partition coefficient (Wildman–Crippen LogP) is 0.830. The molecule has 4 nitrogen and oxygen atoms in total. The van der Waals surface area contributed by atoms with Crippen LogP contribution in [-0.4, -0.2) is 37.0 Å². The summed E-state index contributed by atoms with van der Waals surface area (Å²) in [5.74, 6) is 0.615. The summed E-state index contributed by atoms with van der Waals surface area (Å²) in [5.41, 5.74) is 0. The van der Waals surface area contributed by atoms with Crippen molar-refractivity contribution in [2.45, 2.75) is 12.8 Å². The molecule has 1 heterocycles. The molecule has 92 valence electrons. The van der Waals surface area contributed by atoms with Crippen molar-refractivity contribution in [3.8, 4) is 0 Å². The molecule has 2 aliphatic carbocycles. The number of hydrogen-bond acceptors (Lipinski definition) is 3. The first-order valence-corrected chi connectivity index (χ1v) is 6.26. The third-order valence-corrected chi connectivity index (χ3v) is 4.29. The highest BCUT2D eigenvalue weighted by Crippen LogP contribution is 2.52. The van der Waals surface area contributed by atoms with E-state index >= 15 is 0 Å². The average molecular weight is 235 g/mol. The van der Waals surface area contributed by atoms with Crippen LogP contribution in [-0.2, 0) is 14.3 Å². The van der Waals surface area contributed by atoms with Crippen LogP contribution in [0.15, 0.2) is 12.2 Å². The van der Waals surface area contributed by atoms with Crippen molar-refractivity contribution in [3.63, 3.8) is 0 Å². The number of amides is 2. The molecule has 0 radical (unpaired) electrons. The molecule has 4 atom stereocenters. The fourth-order valence-electron chi connectivity index (χ4n) is 3.55. The summed E-state index contributed by atoms with van der Waals surface area (Å²) in [6.45, 7) is 1.11. The molecule has 1 saturated heterocycles. The smallest absolute Gasteiger partial charge is 0.233 e. The third-order valence-electron chi connectivity index (χ3n) is 4.29. The molecular formula is C13H17NO3. The molecule has 17 heavy (non-hydrogen) atoms. The Balaban J connectivity index is 1.74. The first-order valence-electron chi connectivity index (χ1n) is 6.26. The standard InChI is InChI=1S/C13H17NO3/c1-17-6-2-5-14-12(15)10-8-3-4-9(7-8)11(10)13(14)16/h3-4,8-11H,2,5-7H2,1H3/t8-,9+,10-,11+. The molecule has 0 unspecified atom stereocenters. The number of rotatable bonds is 4. The Morgan fingerprint density at radius 3 is 2.35 bits per heavy atom. The first kappa shape index (κ1) is 11.0. The van der Waals surface area contributed by atoms with Crippen molar-refractivity contribution in [1.82, 2.24) is 4.90 Å². The molecule has 4 heteroatoms. The molecule has 1 saturated carbocycles. The van der Waals surface area contributed by atoms with E-state index in [1.54, 1.807) is 7.11 Å². The van der Waals surface area contributed by atoms with E-state index in [1.165, 1.54) is 4.90 Å². The number of carbonyl (C=O) groups is 2. The number of likely N-dealkylation sites (tertiary alicyclic amines) is 1. The summed E-state index contributed by atoms with van der Waals surface area (Å²) >= 11 is 0. The van der Waals surface area contributed by atoms with E-state index in [-0.39, 0.29) is 23.7 Å². The molecule has 0 aromatic rings. The van der Waals surface area contributed by atoms with E-state index in [0.717, 1.165) is 12.8 Å². The maximum absolute atomic E-state index is 12.2. The lowest BCUT2D eigenvalue weighted by Gasteiger charge is -2.16. The van der Waals surface area contributed by atoms with Crippen molar-refractivity contribution in [2.75, 3.05) is 20.3 Å². The lowest BCUT2D eigenvalue weighted by molar-refractivity contribution is -0.140. The lowest BCUT2D eigenvalue weighted by atomic mass is 9.85. The number of nitrogens with zero attached hydrogens (tertiary/aromatic N) is 1. The van der Waals surface area contributed by atoms with Crippen LogP contribution in [0.2, 0.25) is 0 Å². The van der Waals surface area contributed by atoms with Crippen molar-refractivity contribution in [1.29, 1.82) is 0 Å². The lowest BCUT2D eigenvalue weighted by Crippen LogP contribution is -2.34. The summed E-state index contributed by atoms with van der Waals surface area (Å²) < 4.78 is 4.96. The maximum Gasteiger partial charge on any atom is 0.233 e. The zero-order valence-electron chi connectivity index (χ0n) is 9.96. The van der Waals surface area contributed by atoms with Gasteiger partial charge >= 0.3 is 0 Å². The van der Waals surface area contributed by atoms with Crippen LogP contribution in [0.3, 0.4) is 0 Å². The van der Waals surface area contributed by atoms with E-state index < -0.39 is 0 Å². The molecule has 3 rings (SSSR count). The number of ether oxygens (including phenoxy) is 1. The second-order valence-electron chi connectivity index (χ2n) is 5.17. The van der Waals surface area contributed by atoms with Crippen molar-refractivity contribution >= 4 is 11.8 Å². The van der Waals surface area contributed by atoms with E-state index in [1.807, 2.05) is 0 Å². The first-order chi connectivity index (χ1) is 8.24. The summed E-state index contributed by atoms with van der Waals surface area (Å²) in [4.78, 5) is 25.9. The highest BCUT2D eigenvalue weighted by atomic mass is 16.5. The minimum atomic E-state index is -0.0555. The van der Waals surface area contributed by atoms with Gasteiger partial charge in [-0.2, -0.15) is 0 Å². The molecule has 0 N–H and O–H groups in total. The zero-order chi connectivity index (χ0) is 12.0. The maximum atomic E-state index is 12.2. The van der Waals surface area contributed by atoms with E-state index in [0.29, 0.717) is 25.0 Å². The van der Waals surface area contributed by atoms with Gasteiger partial charge in [-0.1, -0.05) is 12.2 Å². The quantitative estimate of drug-likeness (QED) is 0.412. The van der Waals surface area contributed by atoms with Crippen LogP contribution in [0, 0.1) is 23.7 Å². The normalized spacial score (nSPS) is 38.3. The van der Waals surface area contributed by atoms with Gasteiger partial charge < -0.3 is 4.74 Å². The van der Waals surface area contributed by atoms with E-state index in [4.69, 9.17) is 4.74 Å². The minimum absolute atomic E-state index is 0.0490. The van der Waals surface area contributed by atoms with Crippen molar-refractivity contribution in [3.05, 3.63) is 12.2 Å². The number of fused-ring (bicyclic) bond motifs is 5. The Morgan fingerprint density at radius 2 is 1.82 bits per heavy atom. The molecule has 2 amide bonds. The van der Waals surface area contributed by atoms with Crippen LogP contribution in [0.25, 0.3) is 0 Å². The Morgan fingerprint density at radius 1 is 1.24 bits per heavy atom. The van der Waals surface area contributed by atoms with Gasteiger partial charge in [-0.25, -0.2) is 0 Å². The topological polar surface area (TPSA) is 46.6 Å². The molecule has 0 aromatic heterocycles.